The molecule has 5 nitrogen and oxygen atoms in total. The Hall–Kier alpha value is -1.14. The fraction of sp³-hybridized carbons (Fsp3) is 0.647. The predicted molar refractivity (Wildman–Crippen MR) is 82.8 cm³/mol. The average molecular weight is 307 g/mol. The Kier molecular flexibility index (Phi) is 4.68. The van der Waals surface area contributed by atoms with E-state index in [4.69, 9.17) is 14.2 Å². The lowest BCUT2D eigenvalue weighted by Crippen LogP contribution is -2.48. The number of ether oxygens (including phenoxy) is 3. The molecule has 0 amide bonds. The maximum atomic E-state index is 10.7. The van der Waals surface area contributed by atoms with Crippen molar-refractivity contribution in [2.24, 2.45) is 0 Å². The Balaban J connectivity index is 1.44. The van der Waals surface area contributed by atoms with Crippen LogP contribution < -0.4 is 10.1 Å². The summed E-state index contributed by atoms with van der Waals surface area (Å²) in [4.78, 5) is 0. The summed E-state index contributed by atoms with van der Waals surface area (Å²) in [6.45, 7) is 2.68. The zero-order valence-corrected chi connectivity index (χ0v) is 13.1. The van der Waals surface area contributed by atoms with Crippen LogP contribution in [0.2, 0.25) is 0 Å². The highest BCUT2D eigenvalue weighted by molar-refractivity contribution is 5.27. The molecule has 0 atom stereocenters. The molecule has 5 heteroatoms. The van der Waals surface area contributed by atoms with Crippen molar-refractivity contribution in [3.8, 4) is 5.75 Å². The molecule has 2 N–H and O–H groups in total. The van der Waals surface area contributed by atoms with Gasteiger partial charge in [0.25, 0.3) is 0 Å². The highest BCUT2D eigenvalue weighted by Crippen LogP contribution is 2.39. The summed E-state index contributed by atoms with van der Waals surface area (Å²) in [5, 5.41) is 14.0. The largest absolute Gasteiger partial charge is 0.497 e. The number of hydrogen-bond donors (Lipinski definition) is 2. The van der Waals surface area contributed by atoms with Gasteiger partial charge in [0.05, 0.1) is 25.9 Å². The second kappa shape index (κ2) is 6.54. The second-order valence-electron chi connectivity index (χ2n) is 6.28. The Morgan fingerprint density at radius 1 is 1.09 bits per heavy atom. The van der Waals surface area contributed by atoms with Crippen LogP contribution in [0.5, 0.6) is 5.75 Å². The molecular formula is C17H25NO4. The fourth-order valence-corrected chi connectivity index (χ4v) is 3.24. The van der Waals surface area contributed by atoms with Gasteiger partial charge in [0.1, 0.15) is 5.75 Å². The van der Waals surface area contributed by atoms with Gasteiger partial charge in [0.2, 0.25) is 0 Å². The summed E-state index contributed by atoms with van der Waals surface area (Å²) in [6.07, 6.45) is 2.96. The summed E-state index contributed by atoms with van der Waals surface area (Å²) in [6, 6.07) is 7.97. The molecule has 122 valence electrons. The van der Waals surface area contributed by atoms with Gasteiger partial charge in [-0.25, -0.2) is 0 Å². The molecule has 2 aliphatic rings. The van der Waals surface area contributed by atoms with E-state index in [0.29, 0.717) is 32.6 Å². The van der Waals surface area contributed by atoms with Crippen LogP contribution in [0, 0.1) is 0 Å². The first-order valence-corrected chi connectivity index (χ1v) is 7.97. The number of aliphatic hydroxyl groups is 1. The minimum atomic E-state index is -0.660. The van der Waals surface area contributed by atoms with Gasteiger partial charge >= 0.3 is 0 Å². The van der Waals surface area contributed by atoms with Crippen LogP contribution >= 0.6 is 0 Å². The van der Waals surface area contributed by atoms with E-state index in [9.17, 15) is 5.11 Å². The zero-order chi connectivity index (χ0) is 15.5. The lowest BCUT2D eigenvalue weighted by Gasteiger charge is -2.40. The molecule has 22 heavy (non-hydrogen) atoms. The van der Waals surface area contributed by atoms with Crippen LogP contribution in [0.15, 0.2) is 24.3 Å². The van der Waals surface area contributed by atoms with Gasteiger partial charge in [0.15, 0.2) is 5.79 Å². The van der Waals surface area contributed by atoms with Crippen LogP contribution in [-0.4, -0.2) is 43.4 Å². The van der Waals surface area contributed by atoms with Gasteiger partial charge in [-0.15, -0.1) is 0 Å². The molecule has 0 unspecified atom stereocenters. The van der Waals surface area contributed by atoms with E-state index < -0.39 is 11.4 Å². The zero-order valence-electron chi connectivity index (χ0n) is 13.1. The summed E-state index contributed by atoms with van der Waals surface area (Å²) >= 11 is 0. The van der Waals surface area contributed by atoms with E-state index in [-0.39, 0.29) is 0 Å². The molecule has 1 aromatic rings. The summed E-state index contributed by atoms with van der Waals surface area (Å²) in [7, 11) is 1.66. The standard InChI is InChI=1S/C17H25NO4/c1-20-15-4-2-14(3-5-15)12-18-13-16(19)6-8-17(9-7-16)21-10-11-22-17/h2-5,18-19H,6-13H2,1H3. The maximum absolute atomic E-state index is 10.7. The van der Waals surface area contributed by atoms with Crippen LogP contribution in [0.4, 0.5) is 0 Å². The lowest BCUT2D eigenvalue weighted by molar-refractivity contribution is -0.201. The van der Waals surface area contributed by atoms with Crippen molar-refractivity contribution in [2.75, 3.05) is 26.9 Å². The first-order valence-electron chi connectivity index (χ1n) is 7.97. The minimum Gasteiger partial charge on any atom is -0.497 e. The number of nitrogens with one attached hydrogen (secondary N) is 1. The van der Waals surface area contributed by atoms with Crippen molar-refractivity contribution in [1.29, 1.82) is 0 Å². The molecule has 1 spiro atoms. The fourth-order valence-electron chi connectivity index (χ4n) is 3.24. The number of benzene rings is 1. The molecule has 1 heterocycles. The number of rotatable bonds is 5. The smallest absolute Gasteiger partial charge is 0.168 e. The predicted octanol–water partition coefficient (Wildman–Crippen LogP) is 1.83. The first-order chi connectivity index (χ1) is 10.6. The van der Waals surface area contributed by atoms with Crippen molar-refractivity contribution in [1.82, 2.24) is 5.32 Å². The highest BCUT2D eigenvalue weighted by Gasteiger charge is 2.45. The van der Waals surface area contributed by atoms with E-state index in [1.54, 1.807) is 7.11 Å². The molecule has 1 saturated heterocycles. The first kappa shape index (κ1) is 15.7. The van der Waals surface area contributed by atoms with Crippen LogP contribution in [0.3, 0.4) is 0 Å². The molecule has 0 bridgehead atoms. The van der Waals surface area contributed by atoms with Gasteiger partial charge < -0.3 is 24.6 Å². The van der Waals surface area contributed by atoms with E-state index in [1.165, 1.54) is 5.56 Å². The lowest BCUT2D eigenvalue weighted by atomic mass is 9.81. The topological polar surface area (TPSA) is 60.0 Å². The Labute approximate surface area is 131 Å². The molecule has 3 rings (SSSR count). The monoisotopic (exact) mass is 307 g/mol. The van der Waals surface area contributed by atoms with E-state index in [0.717, 1.165) is 25.1 Å². The summed E-state index contributed by atoms with van der Waals surface area (Å²) < 4.78 is 16.6. The Bertz CT molecular complexity index is 472. The molecule has 0 aromatic heterocycles. The molecule has 0 radical (unpaired) electrons. The van der Waals surface area contributed by atoms with Crippen LogP contribution in [0.25, 0.3) is 0 Å². The van der Waals surface area contributed by atoms with E-state index in [1.807, 2.05) is 24.3 Å². The Morgan fingerprint density at radius 2 is 1.73 bits per heavy atom. The highest BCUT2D eigenvalue weighted by atomic mass is 16.7. The average Bonchev–Trinajstić information content (AvgIpc) is 3.00. The quantitative estimate of drug-likeness (QED) is 0.869. The SMILES string of the molecule is COc1ccc(CNCC2(O)CCC3(CC2)OCCO3)cc1. The third kappa shape index (κ3) is 3.60. The van der Waals surface area contributed by atoms with Gasteiger partial charge in [-0.3, -0.25) is 0 Å². The van der Waals surface area contributed by atoms with Crippen molar-refractivity contribution >= 4 is 0 Å². The molecule has 1 aliphatic heterocycles. The second-order valence-corrected chi connectivity index (χ2v) is 6.28. The van der Waals surface area contributed by atoms with Gasteiger partial charge in [-0.1, -0.05) is 12.1 Å². The molecule has 1 aliphatic carbocycles. The molecule has 2 fully saturated rings. The van der Waals surface area contributed by atoms with Crippen molar-refractivity contribution in [3.05, 3.63) is 29.8 Å². The van der Waals surface area contributed by atoms with Crippen molar-refractivity contribution in [2.45, 2.75) is 43.6 Å². The summed E-state index contributed by atoms with van der Waals surface area (Å²) in [5.41, 5.74) is 0.520. The van der Waals surface area contributed by atoms with Gasteiger partial charge in [-0.05, 0) is 30.5 Å². The molecular weight excluding hydrogens is 282 g/mol. The third-order valence-electron chi connectivity index (χ3n) is 4.70. The summed E-state index contributed by atoms with van der Waals surface area (Å²) in [5.74, 6) is 0.443. The maximum Gasteiger partial charge on any atom is 0.168 e. The van der Waals surface area contributed by atoms with Crippen LogP contribution in [-0.2, 0) is 16.0 Å². The van der Waals surface area contributed by atoms with E-state index in [2.05, 4.69) is 5.32 Å². The van der Waals surface area contributed by atoms with Gasteiger partial charge in [0, 0.05) is 25.9 Å². The van der Waals surface area contributed by atoms with Gasteiger partial charge in [-0.2, -0.15) is 0 Å². The number of methoxy groups -OCH3 is 1. The number of hydrogen-bond acceptors (Lipinski definition) is 5. The Morgan fingerprint density at radius 3 is 2.32 bits per heavy atom. The third-order valence-corrected chi connectivity index (χ3v) is 4.70. The molecule has 1 aromatic carbocycles. The van der Waals surface area contributed by atoms with Crippen LogP contribution in [0.1, 0.15) is 31.2 Å². The van der Waals surface area contributed by atoms with E-state index >= 15 is 0 Å². The minimum absolute atomic E-state index is 0.414. The van der Waals surface area contributed by atoms with Crippen molar-refractivity contribution < 1.29 is 19.3 Å². The normalized spacial score (nSPS) is 22.8. The van der Waals surface area contributed by atoms with Crippen molar-refractivity contribution in [3.63, 3.8) is 0 Å². The molecule has 1 saturated carbocycles.